The Morgan fingerprint density at radius 2 is 1.26 bits per heavy atom. The minimum atomic E-state index is -1.35. The van der Waals surface area contributed by atoms with E-state index >= 15 is 0 Å². The minimum Gasteiger partial charge on any atom is -0.480 e. The number of rotatable bonds is 14. The summed E-state index contributed by atoms with van der Waals surface area (Å²) in [6.07, 6.45) is -2.71. The number of carboxylic acid groups (broad SMARTS) is 1. The van der Waals surface area contributed by atoms with E-state index in [-0.39, 0.29) is 43.8 Å². The molecule has 4 rings (SSSR count). The van der Waals surface area contributed by atoms with E-state index in [0.717, 1.165) is 0 Å². The number of carbonyl (C=O) groups excluding carboxylic acids is 4. The van der Waals surface area contributed by atoms with Crippen LogP contribution in [0.2, 0.25) is 0 Å². The van der Waals surface area contributed by atoms with Gasteiger partial charge in [-0.2, -0.15) is 0 Å². The van der Waals surface area contributed by atoms with Gasteiger partial charge in [-0.1, -0.05) is 0 Å². The lowest BCUT2D eigenvalue weighted by Gasteiger charge is -2.31. The molecular formula is C40H64N8O13. The van der Waals surface area contributed by atoms with Crippen LogP contribution in [-0.4, -0.2) is 138 Å². The van der Waals surface area contributed by atoms with E-state index in [4.69, 9.17) is 33.2 Å². The highest BCUT2D eigenvalue weighted by molar-refractivity contribution is 5.93. The first kappa shape index (κ1) is 48.8. The van der Waals surface area contributed by atoms with Crippen molar-refractivity contribution in [3.8, 4) is 0 Å². The number of ether oxygens (including phenoxy) is 7. The molecular weight excluding hydrogens is 800 g/mol. The number of nitrogens with one attached hydrogen (secondary N) is 3. The number of anilines is 1. The number of carboxylic acids is 1. The molecule has 2 saturated heterocycles. The van der Waals surface area contributed by atoms with Crippen LogP contribution in [0.25, 0.3) is 11.2 Å². The number of hydrogen-bond acceptors (Lipinski definition) is 16. The van der Waals surface area contributed by atoms with Crippen molar-refractivity contribution in [3.63, 3.8) is 0 Å². The second kappa shape index (κ2) is 18.6. The molecule has 0 radical (unpaired) electrons. The molecule has 21 heteroatoms. The van der Waals surface area contributed by atoms with Gasteiger partial charge < -0.3 is 53.8 Å². The Hall–Kier alpha value is -4.86. The molecule has 6 atom stereocenters. The average Bonchev–Trinajstić information content (AvgIpc) is 3.72. The van der Waals surface area contributed by atoms with Crippen molar-refractivity contribution in [2.45, 2.75) is 175 Å². The Morgan fingerprint density at radius 1 is 0.754 bits per heavy atom. The Balaban J connectivity index is 1.65. The zero-order valence-corrected chi connectivity index (χ0v) is 37.7. The summed E-state index contributed by atoms with van der Waals surface area (Å²) in [6.45, 7) is 24.2. The van der Waals surface area contributed by atoms with Crippen LogP contribution in [0, 0.1) is 0 Å². The zero-order chi connectivity index (χ0) is 45.9. The third-order valence-corrected chi connectivity index (χ3v) is 8.66. The highest BCUT2D eigenvalue weighted by Crippen LogP contribution is 2.44. The molecule has 21 nitrogen and oxygen atoms in total. The Morgan fingerprint density at radius 3 is 1.80 bits per heavy atom. The van der Waals surface area contributed by atoms with E-state index in [0.29, 0.717) is 5.65 Å². The molecule has 4 heterocycles. The fourth-order valence-electron chi connectivity index (χ4n) is 6.51. The van der Waals surface area contributed by atoms with Gasteiger partial charge in [-0.3, -0.25) is 9.88 Å². The number of alkyl carbamates (subject to hydrolysis) is 2. The number of nitrogens with zero attached hydrogens (tertiary/aromatic N) is 5. The summed E-state index contributed by atoms with van der Waals surface area (Å²) >= 11 is 0. The van der Waals surface area contributed by atoms with Gasteiger partial charge in [0.25, 0.3) is 0 Å². The molecule has 0 aliphatic carbocycles. The van der Waals surface area contributed by atoms with Crippen molar-refractivity contribution in [2.24, 2.45) is 0 Å². The van der Waals surface area contributed by atoms with Crippen LogP contribution in [0.15, 0.2) is 12.7 Å². The summed E-state index contributed by atoms with van der Waals surface area (Å²) in [7, 11) is 0. The predicted octanol–water partition coefficient (Wildman–Crippen LogP) is 4.89. The normalized spacial score (nSPS) is 21.3. The van der Waals surface area contributed by atoms with E-state index < -0.39 is 95.0 Å². The van der Waals surface area contributed by atoms with Gasteiger partial charge in [-0.25, -0.2) is 38.9 Å². The van der Waals surface area contributed by atoms with E-state index in [1.807, 2.05) is 4.90 Å². The first-order chi connectivity index (χ1) is 27.9. The quantitative estimate of drug-likeness (QED) is 0.146. The fraction of sp³-hybridized carbons (Fsp3) is 0.750. The maximum atomic E-state index is 13.5. The maximum absolute atomic E-state index is 13.5. The topological polar surface area (TPSA) is 253 Å². The lowest BCUT2D eigenvalue weighted by Crippen LogP contribution is -2.49. The Kier molecular flexibility index (Phi) is 14.9. The molecule has 0 spiro atoms. The van der Waals surface area contributed by atoms with Gasteiger partial charge in [-0.05, 0) is 110 Å². The Bertz CT molecular complexity index is 1890. The van der Waals surface area contributed by atoms with E-state index in [1.165, 1.54) is 12.7 Å². The Labute approximate surface area is 356 Å². The fourth-order valence-corrected chi connectivity index (χ4v) is 6.51. The first-order valence-corrected chi connectivity index (χ1v) is 20.2. The van der Waals surface area contributed by atoms with Gasteiger partial charge in [0.1, 0.15) is 59.1 Å². The summed E-state index contributed by atoms with van der Waals surface area (Å²) in [5.74, 6) is -2.91. The molecule has 342 valence electrons. The standard InChI is InChI=1S/C40H64N8O13/c1-36(2,3)58-32(51)23(45-34(53)60-38(7,8)9)16-18-47(17-15-22(31(49)50)44-33(52)59-37(4,5)6)19-24-26-27(57-40(13,14)56-26)30(55-24)48-21-43-25-28(41-20-42-29(25)48)46-35(54)61-39(10,11)12/h20-24,26-27,30H,15-19H2,1-14H3,(H,44,52)(H,45,53)(H,49,50)(H,41,42,46,54)/t22?,23?,24-,26-,27-,30-/m1/s1. The summed E-state index contributed by atoms with van der Waals surface area (Å²) in [5.41, 5.74) is -2.78. The van der Waals surface area contributed by atoms with Crippen molar-refractivity contribution >= 4 is 47.2 Å². The lowest BCUT2D eigenvalue weighted by molar-refractivity contribution is -0.198. The van der Waals surface area contributed by atoms with E-state index in [2.05, 4.69) is 30.9 Å². The van der Waals surface area contributed by atoms with Gasteiger partial charge in [0.05, 0.1) is 6.33 Å². The van der Waals surface area contributed by atoms with Gasteiger partial charge in [0.15, 0.2) is 29.0 Å². The van der Waals surface area contributed by atoms with Crippen LogP contribution in [0.3, 0.4) is 0 Å². The highest BCUT2D eigenvalue weighted by Gasteiger charge is 2.56. The third-order valence-electron chi connectivity index (χ3n) is 8.66. The number of fused-ring (bicyclic) bond motifs is 2. The molecule has 0 bridgehead atoms. The number of aromatic nitrogens is 4. The molecule has 2 aromatic rings. The number of hydrogen-bond donors (Lipinski definition) is 4. The third kappa shape index (κ3) is 14.9. The molecule has 2 aliphatic rings. The molecule has 61 heavy (non-hydrogen) atoms. The van der Waals surface area contributed by atoms with Crippen molar-refractivity contribution in [2.75, 3.05) is 25.0 Å². The molecule has 2 fully saturated rings. The van der Waals surface area contributed by atoms with Crippen LogP contribution >= 0.6 is 0 Å². The average molecular weight is 865 g/mol. The second-order valence-electron chi connectivity index (χ2n) is 19.5. The molecule has 2 aliphatic heterocycles. The SMILES string of the molecule is CC(C)(C)OC(=O)Nc1ncnc2c1ncn2[C@@H]1O[C@H](CN(CCC(NC(=O)OC(C)(C)C)C(=O)O)CCC(NC(=O)OC(C)(C)C)C(=O)OC(C)(C)C)[C@H]2OC(C)(C)O[C@H]21. The number of aliphatic carboxylic acids is 1. The van der Waals surface area contributed by atoms with Gasteiger partial charge in [-0.15, -0.1) is 0 Å². The van der Waals surface area contributed by atoms with Crippen molar-refractivity contribution in [1.82, 2.24) is 35.1 Å². The molecule has 4 N–H and O–H groups in total. The van der Waals surface area contributed by atoms with Crippen LogP contribution in [0.1, 0.15) is 116 Å². The molecule has 2 aromatic heterocycles. The smallest absolute Gasteiger partial charge is 0.413 e. The number of imidazole rings is 1. The van der Waals surface area contributed by atoms with E-state index in [1.54, 1.807) is 101 Å². The number of esters is 1. The minimum absolute atomic E-state index is 0.00891. The van der Waals surface area contributed by atoms with E-state index in [9.17, 15) is 29.1 Å². The summed E-state index contributed by atoms with van der Waals surface area (Å²) in [5, 5.41) is 17.8. The van der Waals surface area contributed by atoms with Crippen molar-refractivity contribution in [1.29, 1.82) is 0 Å². The monoisotopic (exact) mass is 864 g/mol. The van der Waals surface area contributed by atoms with Crippen LogP contribution in [0.5, 0.6) is 0 Å². The molecule has 0 aromatic carbocycles. The largest absolute Gasteiger partial charge is 0.480 e. The predicted molar refractivity (Wildman–Crippen MR) is 218 cm³/mol. The summed E-state index contributed by atoms with van der Waals surface area (Å²) < 4.78 is 42.9. The summed E-state index contributed by atoms with van der Waals surface area (Å²) in [4.78, 5) is 79.1. The van der Waals surface area contributed by atoms with Gasteiger partial charge >= 0.3 is 30.2 Å². The second-order valence-corrected chi connectivity index (χ2v) is 19.5. The zero-order valence-electron chi connectivity index (χ0n) is 37.7. The summed E-state index contributed by atoms with van der Waals surface area (Å²) in [6, 6.07) is -2.52. The number of carbonyl (C=O) groups is 5. The van der Waals surface area contributed by atoms with Crippen molar-refractivity contribution in [3.05, 3.63) is 12.7 Å². The first-order valence-electron chi connectivity index (χ1n) is 20.2. The molecule has 3 amide bonds. The van der Waals surface area contributed by atoms with Gasteiger partial charge in [0.2, 0.25) is 0 Å². The molecule has 2 unspecified atom stereocenters. The van der Waals surface area contributed by atoms with Crippen molar-refractivity contribution < 1.29 is 62.2 Å². The van der Waals surface area contributed by atoms with Crippen LogP contribution in [0.4, 0.5) is 20.2 Å². The highest BCUT2D eigenvalue weighted by atomic mass is 16.8. The number of amides is 3. The van der Waals surface area contributed by atoms with Crippen LogP contribution < -0.4 is 16.0 Å². The van der Waals surface area contributed by atoms with Crippen LogP contribution in [-0.2, 0) is 42.7 Å². The molecule has 0 saturated carbocycles. The maximum Gasteiger partial charge on any atom is 0.413 e. The van der Waals surface area contributed by atoms with Gasteiger partial charge in [0, 0.05) is 19.6 Å². The lowest BCUT2D eigenvalue weighted by atomic mass is 10.1.